The Hall–Kier alpha value is -1.65. The summed E-state index contributed by atoms with van der Waals surface area (Å²) in [6, 6.07) is 0. The van der Waals surface area contributed by atoms with Crippen LogP contribution in [0.3, 0.4) is 0 Å². The molecule has 2 rings (SSSR count). The van der Waals surface area contributed by atoms with Crippen molar-refractivity contribution in [3.63, 3.8) is 0 Å². The van der Waals surface area contributed by atoms with Gasteiger partial charge in [0.1, 0.15) is 12.4 Å². The predicted molar refractivity (Wildman–Crippen MR) is 109 cm³/mol. The van der Waals surface area contributed by atoms with E-state index in [4.69, 9.17) is 5.73 Å². The average Bonchev–Trinajstić information content (AvgIpc) is 2.86. The number of nitrogens with two attached hydrogens (primary N) is 1. The molecule has 1 fully saturated rings. The topological polar surface area (TPSA) is 101 Å². The molecule has 1 unspecified atom stereocenters. The first-order valence-electron chi connectivity index (χ1n) is 8.28. The largest absolute Gasteiger partial charge is 0.370 e. The van der Waals surface area contributed by atoms with Crippen molar-refractivity contribution >= 4 is 35.8 Å². The van der Waals surface area contributed by atoms with E-state index in [-0.39, 0.29) is 35.8 Å². The van der Waals surface area contributed by atoms with E-state index in [1.54, 1.807) is 6.08 Å². The van der Waals surface area contributed by atoms with E-state index in [9.17, 15) is 4.79 Å². The van der Waals surface area contributed by atoms with Crippen LogP contribution >= 0.6 is 24.0 Å². The van der Waals surface area contributed by atoms with Gasteiger partial charge in [-0.3, -0.25) is 4.79 Å². The van der Waals surface area contributed by atoms with Crippen LogP contribution < -0.4 is 11.1 Å². The molecule has 140 valence electrons. The molecule has 1 aromatic heterocycles. The first-order chi connectivity index (χ1) is 11.5. The molecule has 0 aliphatic carbocycles. The van der Waals surface area contributed by atoms with Crippen molar-refractivity contribution in [2.24, 2.45) is 23.7 Å². The number of halogens is 1. The number of rotatable bonds is 6. The van der Waals surface area contributed by atoms with Gasteiger partial charge < -0.3 is 20.5 Å². The van der Waals surface area contributed by atoms with Gasteiger partial charge >= 0.3 is 0 Å². The minimum atomic E-state index is -0.242. The Kier molecular flexibility index (Phi) is 8.87. The van der Waals surface area contributed by atoms with E-state index in [0.29, 0.717) is 19.5 Å². The van der Waals surface area contributed by atoms with E-state index < -0.39 is 0 Å². The van der Waals surface area contributed by atoms with Gasteiger partial charge in [0.15, 0.2) is 11.8 Å². The van der Waals surface area contributed by atoms with Crippen LogP contribution in [0.5, 0.6) is 0 Å². The van der Waals surface area contributed by atoms with Crippen LogP contribution in [0.25, 0.3) is 0 Å². The van der Waals surface area contributed by atoms with Gasteiger partial charge in [-0.2, -0.15) is 0 Å². The number of piperidine rings is 1. The van der Waals surface area contributed by atoms with Crippen molar-refractivity contribution < 1.29 is 4.79 Å². The highest BCUT2D eigenvalue weighted by Crippen LogP contribution is 2.19. The van der Waals surface area contributed by atoms with Crippen LogP contribution in [-0.2, 0) is 18.4 Å². The summed E-state index contributed by atoms with van der Waals surface area (Å²) in [5.41, 5.74) is 5.34. The zero-order valence-corrected chi connectivity index (χ0v) is 17.3. The molecule has 1 saturated heterocycles. The highest BCUT2D eigenvalue weighted by Gasteiger charge is 2.23. The summed E-state index contributed by atoms with van der Waals surface area (Å²) < 4.78 is 1.93. The van der Waals surface area contributed by atoms with Crippen molar-refractivity contribution in [3.05, 3.63) is 24.3 Å². The molecule has 0 saturated carbocycles. The number of nitrogens with one attached hydrogen (secondary N) is 1. The number of hydrogen-bond donors (Lipinski definition) is 2. The third-order valence-electron chi connectivity index (χ3n) is 4.27. The van der Waals surface area contributed by atoms with E-state index >= 15 is 0 Å². The number of carbonyl (C=O) groups is 1. The van der Waals surface area contributed by atoms with Crippen LogP contribution in [0.4, 0.5) is 0 Å². The molecule has 8 nitrogen and oxygen atoms in total. The lowest BCUT2D eigenvalue weighted by molar-refractivity contribution is -0.119. The van der Waals surface area contributed by atoms with Gasteiger partial charge in [0, 0.05) is 33.1 Å². The smallest absolute Gasteiger partial charge is 0.217 e. The Morgan fingerprint density at radius 1 is 1.52 bits per heavy atom. The molecule has 1 aliphatic rings. The lowest BCUT2D eigenvalue weighted by Crippen LogP contribution is -2.47. The van der Waals surface area contributed by atoms with Gasteiger partial charge in [-0.15, -0.1) is 40.8 Å². The Bertz CT molecular complexity index is 614. The van der Waals surface area contributed by atoms with Crippen LogP contribution in [0.1, 0.15) is 30.9 Å². The van der Waals surface area contributed by atoms with E-state index in [0.717, 1.165) is 43.5 Å². The number of primary amides is 1. The number of aryl methyl sites for hydroxylation is 1. The van der Waals surface area contributed by atoms with Crippen molar-refractivity contribution in [2.75, 3.05) is 19.6 Å². The minimum Gasteiger partial charge on any atom is -0.370 e. The lowest BCUT2D eigenvalue weighted by Gasteiger charge is -2.34. The zero-order valence-electron chi connectivity index (χ0n) is 14.9. The Balaban J connectivity index is 0.00000312. The number of aliphatic imine (C=N–C) groups is 1. The summed E-state index contributed by atoms with van der Waals surface area (Å²) in [6.45, 7) is 8.44. The van der Waals surface area contributed by atoms with Crippen molar-refractivity contribution in [3.8, 4) is 0 Å². The van der Waals surface area contributed by atoms with E-state index in [1.807, 2.05) is 18.5 Å². The van der Waals surface area contributed by atoms with Gasteiger partial charge in [-0.1, -0.05) is 6.08 Å². The van der Waals surface area contributed by atoms with Crippen molar-refractivity contribution in [1.29, 1.82) is 0 Å². The minimum absolute atomic E-state index is 0. The molecule has 1 aromatic rings. The maximum absolute atomic E-state index is 11.2. The third-order valence-corrected chi connectivity index (χ3v) is 4.27. The highest BCUT2D eigenvalue weighted by molar-refractivity contribution is 14.0. The summed E-state index contributed by atoms with van der Waals surface area (Å²) in [6.07, 6.45) is 4.27. The molecule has 1 atom stereocenters. The number of guanidine groups is 1. The summed E-state index contributed by atoms with van der Waals surface area (Å²) in [7, 11) is 1.93. The van der Waals surface area contributed by atoms with Crippen molar-refractivity contribution in [1.82, 2.24) is 25.0 Å². The first-order valence-corrected chi connectivity index (χ1v) is 8.28. The second-order valence-electron chi connectivity index (χ2n) is 6.16. The normalized spacial score (nSPS) is 17.8. The fourth-order valence-electron chi connectivity index (χ4n) is 2.87. The molecule has 0 radical (unpaired) electrons. The maximum atomic E-state index is 11.2. The summed E-state index contributed by atoms with van der Waals surface area (Å²) in [5.74, 6) is 2.53. The van der Waals surface area contributed by atoms with Gasteiger partial charge in [0.05, 0.1) is 0 Å². The fraction of sp³-hybridized carbons (Fsp3) is 0.625. The molecule has 1 aliphatic heterocycles. The molecule has 3 N–H and O–H groups in total. The standard InChI is InChI=1S/C16H27N7O.HI/c1-4-7-18-16(19-10-15-21-20-12(2)22(15)3)23-8-5-6-13(11-23)9-14(17)24;/h4,13H,1,5-11H2,2-3H3,(H2,17,24)(H,18,19);1H. The van der Waals surface area contributed by atoms with E-state index in [1.165, 1.54) is 0 Å². The molecule has 0 spiro atoms. The molecular weight excluding hydrogens is 433 g/mol. The quantitative estimate of drug-likeness (QED) is 0.285. The predicted octanol–water partition coefficient (Wildman–Crippen LogP) is 0.961. The number of hydrogen-bond acceptors (Lipinski definition) is 4. The average molecular weight is 461 g/mol. The number of aromatic nitrogens is 3. The van der Waals surface area contributed by atoms with Crippen LogP contribution in [0.2, 0.25) is 0 Å². The zero-order chi connectivity index (χ0) is 17.5. The second-order valence-corrected chi connectivity index (χ2v) is 6.16. The summed E-state index contributed by atoms with van der Waals surface area (Å²) in [4.78, 5) is 18.1. The van der Waals surface area contributed by atoms with Gasteiger partial charge in [-0.05, 0) is 25.7 Å². The van der Waals surface area contributed by atoms with E-state index in [2.05, 4.69) is 32.0 Å². The van der Waals surface area contributed by atoms with Crippen LogP contribution in [0.15, 0.2) is 17.6 Å². The maximum Gasteiger partial charge on any atom is 0.217 e. The number of carbonyl (C=O) groups excluding carboxylic acids is 1. The number of amides is 1. The van der Waals surface area contributed by atoms with Gasteiger partial charge in [0.25, 0.3) is 0 Å². The summed E-state index contributed by atoms with van der Waals surface area (Å²) >= 11 is 0. The Morgan fingerprint density at radius 2 is 2.28 bits per heavy atom. The fourth-order valence-corrected chi connectivity index (χ4v) is 2.87. The van der Waals surface area contributed by atoms with Crippen LogP contribution in [0, 0.1) is 12.8 Å². The monoisotopic (exact) mass is 461 g/mol. The Labute approximate surface area is 166 Å². The molecule has 0 bridgehead atoms. The number of nitrogens with zero attached hydrogens (tertiary/aromatic N) is 5. The SMILES string of the molecule is C=CCNC(=NCc1nnc(C)n1C)N1CCCC(CC(N)=O)C1.I. The molecule has 9 heteroatoms. The van der Waals surface area contributed by atoms with Crippen LogP contribution in [-0.4, -0.2) is 51.2 Å². The van der Waals surface area contributed by atoms with Gasteiger partial charge in [0.2, 0.25) is 5.91 Å². The molecule has 1 amide bonds. The molecule has 25 heavy (non-hydrogen) atoms. The summed E-state index contributed by atoms with van der Waals surface area (Å²) in [5, 5.41) is 11.5. The second kappa shape index (κ2) is 10.4. The molecular formula is C16H28IN7O. The first kappa shape index (κ1) is 21.4. The molecule has 0 aromatic carbocycles. The molecule has 2 heterocycles. The number of likely N-dealkylation sites (tertiary alicyclic amines) is 1. The Morgan fingerprint density at radius 3 is 2.88 bits per heavy atom. The third kappa shape index (κ3) is 6.29. The highest BCUT2D eigenvalue weighted by atomic mass is 127. The van der Waals surface area contributed by atoms with Crippen molar-refractivity contribution in [2.45, 2.75) is 32.7 Å². The lowest BCUT2D eigenvalue weighted by atomic mass is 9.95. The van der Waals surface area contributed by atoms with Gasteiger partial charge in [-0.25, -0.2) is 4.99 Å².